The monoisotopic (exact) mass is 432 g/mol. The van der Waals surface area contributed by atoms with Crippen LogP contribution < -0.4 is 20.5 Å². The third kappa shape index (κ3) is 4.02. The molecule has 0 atom stereocenters. The Morgan fingerprint density at radius 1 is 1.19 bits per heavy atom. The van der Waals surface area contributed by atoms with Crippen LogP contribution in [-0.2, 0) is 13.0 Å². The Hall–Kier alpha value is -3.64. The fourth-order valence-corrected chi connectivity index (χ4v) is 3.63. The lowest BCUT2D eigenvalue weighted by atomic mass is 10.0. The normalized spacial score (nSPS) is 10.9. The van der Waals surface area contributed by atoms with Crippen LogP contribution in [0.4, 0.5) is 0 Å². The molecule has 1 N–H and O–H groups in total. The molecule has 6 nitrogen and oxygen atoms in total. The summed E-state index contributed by atoms with van der Waals surface area (Å²) in [5, 5.41) is 16.9. The van der Waals surface area contributed by atoms with Gasteiger partial charge in [0.25, 0.3) is 5.65 Å². The van der Waals surface area contributed by atoms with Crippen LogP contribution in [0.3, 0.4) is 0 Å². The summed E-state index contributed by atoms with van der Waals surface area (Å²) in [5.74, 6) is -0.321. The Bertz CT molecular complexity index is 1310. The van der Waals surface area contributed by atoms with Crippen molar-refractivity contribution in [1.82, 2.24) is 14.7 Å². The van der Waals surface area contributed by atoms with Gasteiger partial charge in [-0.05, 0) is 28.8 Å². The van der Waals surface area contributed by atoms with Crippen molar-refractivity contribution in [3.63, 3.8) is 0 Å². The Labute approximate surface area is 184 Å². The Morgan fingerprint density at radius 3 is 2.65 bits per heavy atom. The van der Waals surface area contributed by atoms with E-state index in [1.54, 1.807) is 54.3 Å². The lowest BCUT2D eigenvalue weighted by Crippen LogP contribution is -2.44. The molecule has 0 saturated carbocycles. The predicted molar refractivity (Wildman–Crippen MR) is 120 cm³/mol. The maximum atomic E-state index is 13.4. The molecule has 31 heavy (non-hydrogen) atoms. The summed E-state index contributed by atoms with van der Waals surface area (Å²) in [6.45, 7) is 4.34. The zero-order valence-corrected chi connectivity index (χ0v) is 17.8. The first-order chi connectivity index (χ1) is 15.0. The van der Waals surface area contributed by atoms with Crippen molar-refractivity contribution in [2.75, 3.05) is 7.05 Å². The highest BCUT2D eigenvalue weighted by Crippen LogP contribution is 2.23. The maximum Gasteiger partial charge on any atom is 0.349 e. The fourth-order valence-electron chi connectivity index (χ4n) is 3.52. The summed E-state index contributed by atoms with van der Waals surface area (Å²) in [6.07, 6.45) is 3.95. The van der Waals surface area contributed by atoms with Crippen molar-refractivity contribution in [3.8, 4) is 17.0 Å². The topological polar surface area (TPSA) is 73.3 Å². The molecule has 0 unspecified atom stereocenters. The van der Waals surface area contributed by atoms with Crippen molar-refractivity contribution < 1.29 is 9.67 Å². The molecule has 0 aliphatic rings. The van der Waals surface area contributed by atoms with Crippen molar-refractivity contribution >= 4 is 22.9 Å². The van der Waals surface area contributed by atoms with E-state index in [2.05, 4.69) is 16.9 Å². The largest absolute Gasteiger partial charge is 0.842 e. The molecule has 3 aromatic heterocycles. The SMILES string of the molecule is C=C(NC)c1ccc(-c2c([O-])[n+](CCc3ccc(Cl)nc3)c3ccccn3c2=O)cc1. The van der Waals surface area contributed by atoms with E-state index in [1.165, 1.54) is 4.40 Å². The first-order valence-corrected chi connectivity index (χ1v) is 10.2. The number of hydrogen-bond acceptors (Lipinski definition) is 4. The van der Waals surface area contributed by atoms with Gasteiger partial charge in [0.1, 0.15) is 10.7 Å². The van der Waals surface area contributed by atoms with Gasteiger partial charge in [-0.1, -0.05) is 54.6 Å². The molecule has 4 aromatic rings. The Balaban J connectivity index is 1.81. The molecule has 1 aromatic carbocycles. The van der Waals surface area contributed by atoms with Gasteiger partial charge in [-0.25, -0.2) is 14.3 Å². The summed E-state index contributed by atoms with van der Waals surface area (Å²) >= 11 is 5.86. The molecular weight excluding hydrogens is 412 g/mol. The average Bonchev–Trinajstić information content (AvgIpc) is 2.80. The smallest absolute Gasteiger partial charge is 0.349 e. The molecule has 0 aliphatic carbocycles. The molecule has 0 amide bonds. The van der Waals surface area contributed by atoms with E-state index in [1.807, 2.05) is 24.3 Å². The minimum absolute atomic E-state index is 0.138. The lowest BCUT2D eigenvalue weighted by Gasteiger charge is -2.17. The van der Waals surface area contributed by atoms with Crippen molar-refractivity contribution in [1.29, 1.82) is 0 Å². The minimum atomic E-state index is -0.342. The van der Waals surface area contributed by atoms with E-state index in [-0.39, 0.29) is 17.0 Å². The second kappa shape index (κ2) is 8.62. The zero-order valence-electron chi connectivity index (χ0n) is 17.0. The van der Waals surface area contributed by atoms with Crippen LogP contribution in [0.2, 0.25) is 5.15 Å². The number of hydrogen-bond donors (Lipinski definition) is 1. The minimum Gasteiger partial charge on any atom is -0.842 e. The van der Waals surface area contributed by atoms with Gasteiger partial charge in [-0.15, -0.1) is 0 Å². The second-order valence-electron chi connectivity index (χ2n) is 7.11. The van der Waals surface area contributed by atoms with Crippen molar-refractivity contribution in [2.45, 2.75) is 13.0 Å². The van der Waals surface area contributed by atoms with Gasteiger partial charge in [0.15, 0.2) is 0 Å². The summed E-state index contributed by atoms with van der Waals surface area (Å²) in [4.78, 5) is 17.3. The number of nitrogens with one attached hydrogen (secondary N) is 1. The van der Waals surface area contributed by atoms with Gasteiger partial charge in [0, 0.05) is 31.4 Å². The number of pyridine rings is 2. The number of fused-ring (bicyclic) bond motifs is 1. The Morgan fingerprint density at radius 2 is 1.97 bits per heavy atom. The van der Waals surface area contributed by atoms with Crippen molar-refractivity contribution in [3.05, 3.63) is 100 Å². The first kappa shape index (κ1) is 20.6. The summed E-state index contributed by atoms with van der Waals surface area (Å²) in [5.41, 5.74) is 3.52. The molecule has 0 saturated heterocycles. The molecule has 0 spiro atoms. The average molecular weight is 433 g/mol. The van der Waals surface area contributed by atoms with E-state index in [9.17, 15) is 9.90 Å². The highest BCUT2D eigenvalue weighted by Gasteiger charge is 2.20. The number of nitrogens with zero attached hydrogens (tertiary/aromatic N) is 3. The number of aromatic nitrogens is 3. The summed E-state index contributed by atoms with van der Waals surface area (Å²) < 4.78 is 3.14. The van der Waals surface area contributed by atoms with Gasteiger partial charge in [0.2, 0.25) is 0 Å². The molecule has 0 radical (unpaired) electrons. The second-order valence-corrected chi connectivity index (χ2v) is 7.50. The molecule has 3 heterocycles. The quantitative estimate of drug-likeness (QED) is 0.375. The predicted octanol–water partition coefficient (Wildman–Crippen LogP) is 2.81. The van der Waals surface area contributed by atoms with E-state index >= 15 is 0 Å². The van der Waals surface area contributed by atoms with Gasteiger partial charge in [-0.3, -0.25) is 0 Å². The van der Waals surface area contributed by atoms with E-state index in [0.29, 0.717) is 29.3 Å². The van der Waals surface area contributed by atoms with Crippen LogP contribution in [0.15, 0.2) is 78.4 Å². The number of rotatable bonds is 6. The van der Waals surface area contributed by atoms with Crippen LogP contribution in [0.25, 0.3) is 22.5 Å². The standard InChI is InChI=1S/C24H21ClN4O2/c1-16(26-2)18-7-9-19(10-8-18)22-23(30)28-13-4-3-5-21(28)29(24(22)31)14-12-17-6-11-20(25)27-15-17/h3-11,13,15,26H,1,12,14H2,2H3. The third-order valence-electron chi connectivity index (χ3n) is 5.24. The molecule has 4 rings (SSSR count). The lowest BCUT2D eigenvalue weighted by molar-refractivity contribution is -0.715. The fraction of sp³-hybridized carbons (Fsp3) is 0.125. The van der Waals surface area contributed by atoms with Gasteiger partial charge in [0.05, 0.1) is 18.6 Å². The van der Waals surface area contributed by atoms with Crippen molar-refractivity contribution in [2.24, 2.45) is 0 Å². The third-order valence-corrected chi connectivity index (χ3v) is 5.47. The highest BCUT2D eigenvalue weighted by molar-refractivity contribution is 6.29. The van der Waals surface area contributed by atoms with Gasteiger partial charge >= 0.3 is 5.56 Å². The van der Waals surface area contributed by atoms with Crippen LogP contribution in [0.1, 0.15) is 11.1 Å². The molecule has 156 valence electrons. The van der Waals surface area contributed by atoms with Gasteiger partial charge < -0.3 is 10.4 Å². The van der Waals surface area contributed by atoms with Gasteiger partial charge in [-0.2, -0.15) is 4.40 Å². The van der Waals surface area contributed by atoms with E-state index in [0.717, 1.165) is 16.8 Å². The van der Waals surface area contributed by atoms with Crippen LogP contribution in [0, 0.1) is 0 Å². The molecule has 0 aliphatic heterocycles. The zero-order chi connectivity index (χ0) is 22.0. The van der Waals surface area contributed by atoms with E-state index < -0.39 is 0 Å². The highest BCUT2D eigenvalue weighted by atomic mass is 35.5. The number of aryl methyl sites for hydroxylation is 2. The van der Waals surface area contributed by atoms with Crippen LogP contribution in [-0.4, -0.2) is 16.4 Å². The van der Waals surface area contributed by atoms with Crippen LogP contribution >= 0.6 is 11.6 Å². The van der Waals surface area contributed by atoms with E-state index in [4.69, 9.17) is 11.6 Å². The molecular formula is C24H21ClN4O2. The summed E-state index contributed by atoms with van der Waals surface area (Å²) in [6, 6.07) is 16.2. The van der Waals surface area contributed by atoms with Crippen LogP contribution in [0.5, 0.6) is 5.88 Å². The molecule has 0 bridgehead atoms. The maximum absolute atomic E-state index is 13.4. The number of halogens is 1. The molecule has 7 heteroatoms. The number of benzene rings is 1. The summed E-state index contributed by atoms with van der Waals surface area (Å²) in [7, 11) is 1.79. The first-order valence-electron chi connectivity index (χ1n) is 9.81. The molecule has 0 fully saturated rings. The Kier molecular flexibility index (Phi) is 5.73.